The van der Waals surface area contributed by atoms with E-state index in [0.29, 0.717) is 39.6 Å². The van der Waals surface area contributed by atoms with Gasteiger partial charge in [-0.2, -0.15) is 0 Å². The van der Waals surface area contributed by atoms with Crippen LogP contribution in [0, 0.1) is 29.0 Å². The molecule has 2 heterocycles. The quantitative estimate of drug-likeness (QED) is 0.186. The maximum absolute atomic E-state index is 14.9. The Balaban J connectivity index is 1.42. The van der Waals surface area contributed by atoms with Crippen LogP contribution in [0.1, 0.15) is 46.3 Å². The van der Waals surface area contributed by atoms with Gasteiger partial charge in [0.1, 0.15) is 18.1 Å². The molecule has 40 heavy (non-hydrogen) atoms. The van der Waals surface area contributed by atoms with Crippen molar-refractivity contribution in [1.29, 1.82) is 5.41 Å². The van der Waals surface area contributed by atoms with E-state index in [-0.39, 0.29) is 47.7 Å². The molecule has 2 aromatic carbocycles. The van der Waals surface area contributed by atoms with E-state index < -0.39 is 11.7 Å². The van der Waals surface area contributed by atoms with E-state index in [9.17, 15) is 24.0 Å². The molecule has 3 aromatic rings. The number of carbonyl (C=O) groups is 2. The lowest BCUT2D eigenvalue weighted by atomic mass is 9.96. The highest BCUT2D eigenvalue weighted by Gasteiger charge is 2.32. The molecule has 1 aliphatic heterocycles. The van der Waals surface area contributed by atoms with Gasteiger partial charge in [0.2, 0.25) is 5.91 Å². The van der Waals surface area contributed by atoms with Crippen LogP contribution in [0.25, 0.3) is 0 Å². The number of hydrogen-bond donors (Lipinski definition) is 2. The standard InChI is InChI=1S/C29H24ClFN4O5/c1-15-3-2-4-21(30)25(15)26(32)20(27(37)16-5-6-16)14-40-19-8-9-23-17(11-19)7-10-24(36)35(23)28-22(31)12-18(13-33-28)29(38)34-39/h2-4,8-9,11-13,16,32,37H,5-7,10,14H2,1H3/b27-20-,32-26?. The molecule has 1 aliphatic carbocycles. The van der Waals surface area contributed by atoms with E-state index >= 15 is 0 Å². The monoisotopic (exact) mass is 562 g/mol. The van der Waals surface area contributed by atoms with E-state index in [0.717, 1.165) is 35.6 Å². The molecular weight excluding hydrogens is 539 g/mol. The number of aliphatic hydroxyl groups is 1. The van der Waals surface area contributed by atoms with E-state index in [1.165, 1.54) is 0 Å². The van der Waals surface area contributed by atoms with Gasteiger partial charge < -0.3 is 9.84 Å². The number of benzene rings is 2. The second-order valence-corrected chi connectivity index (χ2v) is 10.1. The van der Waals surface area contributed by atoms with Crippen molar-refractivity contribution in [1.82, 2.24) is 4.98 Å². The molecule has 2 N–H and O–H groups in total. The zero-order chi connectivity index (χ0) is 28.6. The molecule has 0 unspecified atom stereocenters. The van der Waals surface area contributed by atoms with Gasteiger partial charge in [-0.1, -0.05) is 23.7 Å². The first-order valence-electron chi connectivity index (χ1n) is 12.6. The van der Waals surface area contributed by atoms with E-state index in [2.05, 4.69) is 10.2 Å². The number of allylic oxidation sites excluding steroid dienone is 1. The molecule has 0 atom stereocenters. The summed E-state index contributed by atoms with van der Waals surface area (Å²) in [5.74, 6) is -2.26. The number of hydrogen-bond acceptors (Lipinski definition) is 7. The highest BCUT2D eigenvalue weighted by atomic mass is 35.5. The highest BCUT2D eigenvalue weighted by Crippen LogP contribution is 2.39. The number of aryl methyl sites for hydroxylation is 2. The lowest BCUT2D eigenvalue weighted by Gasteiger charge is -2.29. The minimum atomic E-state index is -1.16. The number of nitrogens with one attached hydrogen (secondary N) is 1. The third kappa shape index (κ3) is 5.22. The molecule has 1 aromatic heterocycles. The fourth-order valence-electron chi connectivity index (χ4n) is 4.69. The molecule has 11 heteroatoms. The van der Waals surface area contributed by atoms with E-state index in [1.54, 1.807) is 30.3 Å². The number of aliphatic hydroxyl groups excluding tert-OH is 1. The number of nitroso groups, excluding NO2 is 1. The summed E-state index contributed by atoms with van der Waals surface area (Å²) in [5.41, 5.74) is 2.55. The number of amides is 2. The van der Waals surface area contributed by atoms with Crippen LogP contribution in [0.5, 0.6) is 5.75 Å². The van der Waals surface area contributed by atoms with Crippen molar-refractivity contribution in [3.8, 4) is 5.75 Å². The van der Waals surface area contributed by atoms with Crippen LogP contribution in [0.2, 0.25) is 5.02 Å². The van der Waals surface area contributed by atoms with Gasteiger partial charge in [-0.25, -0.2) is 9.37 Å². The first-order valence-corrected chi connectivity index (χ1v) is 13.0. The molecule has 5 rings (SSSR count). The van der Waals surface area contributed by atoms with Crippen LogP contribution >= 0.6 is 11.6 Å². The maximum Gasteiger partial charge on any atom is 0.318 e. The van der Waals surface area contributed by atoms with Crippen LogP contribution in [0.3, 0.4) is 0 Å². The normalized spacial score (nSPS) is 15.3. The SMILES string of the molecule is Cc1cccc(Cl)c1C(=N)/C(COc1ccc2c(c1)CCC(=O)N2c1ncc(C(=O)N=O)cc1F)=C(\O)C1CC1. The van der Waals surface area contributed by atoms with Gasteiger partial charge >= 0.3 is 5.91 Å². The number of carbonyl (C=O) groups excluding carboxylic acids is 2. The number of ether oxygens (including phenoxy) is 1. The predicted octanol–water partition coefficient (Wildman–Crippen LogP) is 6.37. The Bertz CT molecular complexity index is 1580. The highest BCUT2D eigenvalue weighted by molar-refractivity contribution is 6.35. The Morgan fingerprint density at radius 3 is 2.70 bits per heavy atom. The van der Waals surface area contributed by atoms with Gasteiger partial charge in [0.05, 0.1) is 27.6 Å². The van der Waals surface area contributed by atoms with Gasteiger partial charge in [-0.05, 0) is 67.6 Å². The first-order chi connectivity index (χ1) is 19.2. The molecule has 0 saturated heterocycles. The summed E-state index contributed by atoms with van der Waals surface area (Å²) in [4.78, 5) is 39.8. The number of nitrogens with zero attached hydrogens (tertiary/aromatic N) is 3. The van der Waals surface area contributed by atoms with Crippen molar-refractivity contribution in [3.05, 3.63) is 98.0 Å². The number of pyridine rings is 1. The van der Waals surface area contributed by atoms with Crippen molar-refractivity contribution in [2.24, 2.45) is 11.1 Å². The van der Waals surface area contributed by atoms with Crippen LogP contribution in [0.15, 0.2) is 65.2 Å². The number of rotatable bonds is 8. The topological polar surface area (TPSA) is 133 Å². The van der Waals surface area contributed by atoms with Crippen molar-refractivity contribution in [2.45, 2.75) is 32.6 Å². The summed E-state index contributed by atoms with van der Waals surface area (Å²) in [7, 11) is 0. The average molecular weight is 563 g/mol. The lowest BCUT2D eigenvalue weighted by Crippen LogP contribution is -2.32. The zero-order valence-electron chi connectivity index (χ0n) is 21.4. The largest absolute Gasteiger partial charge is 0.512 e. The van der Waals surface area contributed by atoms with Crippen molar-refractivity contribution >= 4 is 40.6 Å². The first kappa shape index (κ1) is 27.1. The number of halogens is 2. The number of fused-ring (bicyclic) bond motifs is 1. The summed E-state index contributed by atoms with van der Waals surface area (Å²) in [6, 6.07) is 11.1. The van der Waals surface area contributed by atoms with Gasteiger partial charge in [-0.3, -0.25) is 19.9 Å². The Kier molecular flexibility index (Phi) is 7.44. The van der Waals surface area contributed by atoms with Crippen molar-refractivity contribution in [2.75, 3.05) is 11.5 Å². The molecule has 204 valence electrons. The lowest BCUT2D eigenvalue weighted by molar-refractivity contribution is -0.118. The van der Waals surface area contributed by atoms with Crippen LogP contribution < -0.4 is 9.64 Å². The fraction of sp³-hybridized carbons (Fsp3) is 0.241. The van der Waals surface area contributed by atoms with Gasteiger partial charge in [0.15, 0.2) is 11.6 Å². The molecule has 2 aliphatic rings. The summed E-state index contributed by atoms with van der Waals surface area (Å²) >= 11 is 6.40. The third-order valence-electron chi connectivity index (χ3n) is 6.94. The Hall–Kier alpha value is -4.44. The minimum absolute atomic E-state index is 0.0174. The van der Waals surface area contributed by atoms with Crippen LogP contribution in [-0.4, -0.2) is 34.2 Å². The molecule has 1 saturated carbocycles. The summed E-state index contributed by atoms with van der Waals surface area (Å²) in [5, 5.41) is 22.4. The van der Waals surface area contributed by atoms with Crippen molar-refractivity contribution in [3.63, 3.8) is 0 Å². The molecule has 1 fully saturated rings. The molecule has 0 spiro atoms. The predicted molar refractivity (Wildman–Crippen MR) is 147 cm³/mol. The van der Waals surface area contributed by atoms with E-state index in [1.807, 2.05) is 13.0 Å². The molecule has 0 bridgehead atoms. The van der Waals surface area contributed by atoms with Crippen LogP contribution in [0.4, 0.5) is 15.9 Å². The smallest absolute Gasteiger partial charge is 0.318 e. The molecular formula is C29H24ClFN4O5. The van der Waals surface area contributed by atoms with Gasteiger partial charge in [0.25, 0.3) is 0 Å². The Morgan fingerprint density at radius 2 is 2.02 bits per heavy atom. The van der Waals surface area contributed by atoms with Gasteiger partial charge in [-0.15, -0.1) is 4.91 Å². The minimum Gasteiger partial charge on any atom is -0.512 e. The maximum atomic E-state index is 14.9. The Morgan fingerprint density at radius 1 is 1.25 bits per heavy atom. The summed E-state index contributed by atoms with van der Waals surface area (Å²) < 4.78 is 20.9. The molecule has 2 amide bonds. The number of aromatic nitrogens is 1. The molecule has 9 nitrogen and oxygen atoms in total. The van der Waals surface area contributed by atoms with Crippen LogP contribution in [-0.2, 0) is 11.2 Å². The van der Waals surface area contributed by atoms with Crippen molar-refractivity contribution < 1.29 is 23.8 Å². The Labute approximate surface area is 233 Å². The summed E-state index contributed by atoms with van der Waals surface area (Å²) in [6.45, 7) is 1.77. The number of anilines is 2. The van der Waals surface area contributed by atoms with Gasteiger partial charge in [0, 0.05) is 29.3 Å². The molecule has 0 radical (unpaired) electrons. The summed E-state index contributed by atoms with van der Waals surface area (Å²) in [6.07, 6.45) is 3.12. The fourth-order valence-corrected chi connectivity index (χ4v) is 5.00. The second kappa shape index (κ2) is 11.0. The average Bonchev–Trinajstić information content (AvgIpc) is 3.79. The zero-order valence-corrected chi connectivity index (χ0v) is 22.2. The third-order valence-corrected chi connectivity index (χ3v) is 7.26. The van der Waals surface area contributed by atoms with E-state index in [4.69, 9.17) is 21.7 Å². The second-order valence-electron chi connectivity index (χ2n) is 9.68.